The van der Waals surface area contributed by atoms with Crippen molar-refractivity contribution >= 4 is 27.5 Å². The average Bonchev–Trinajstić information content (AvgIpc) is 2.93. The molecule has 118 valence electrons. The molecule has 0 radical (unpaired) electrons. The van der Waals surface area contributed by atoms with Crippen LogP contribution < -0.4 is 4.72 Å². The molecule has 1 aliphatic heterocycles. The summed E-state index contributed by atoms with van der Waals surface area (Å²) in [6.07, 6.45) is 1.53. The Bertz CT molecular complexity index is 591. The Morgan fingerprint density at radius 3 is 2.71 bits per heavy atom. The average molecular weight is 333 g/mol. The molecule has 0 bridgehead atoms. The van der Waals surface area contributed by atoms with Crippen LogP contribution in [0.25, 0.3) is 0 Å². The van der Waals surface area contributed by atoms with Crippen LogP contribution in [-0.4, -0.2) is 41.9 Å². The molecule has 1 aromatic heterocycles. The molecule has 1 fully saturated rings. The Morgan fingerprint density at radius 2 is 2.19 bits per heavy atom. The highest BCUT2D eigenvalue weighted by atomic mass is 32.2. The lowest BCUT2D eigenvalue weighted by Gasteiger charge is -2.29. The van der Waals surface area contributed by atoms with E-state index in [1.165, 1.54) is 15.6 Å². The zero-order valence-corrected chi connectivity index (χ0v) is 13.4. The number of nitrogens with one attached hydrogen (secondary N) is 1. The van der Waals surface area contributed by atoms with Crippen LogP contribution in [-0.2, 0) is 28.0 Å². The summed E-state index contributed by atoms with van der Waals surface area (Å²) in [4.78, 5) is 15.2. The van der Waals surface area contributed by atoms with Gasteiger partial charge in [-0.05, 0) is 19.3 Å². The van der Waals surface area contributed by atoms with E-state index in [-0.39, 0.29) is 19.6 Å². The van der Waals surface area contributed by atoms with E-state index in [0.29, 0.717) is 12.8 Å². The van der Waals surface area contributed by atoms with E-state index in [9.17, 15) is 13.2 Å². The number of aryl methyl sites for hydroxylation is 1. The van der Waals surface area contributed by atoms with Gasteiger partial charge in [-0.3, -0.25) is 4.79 Å². The lowest BCUT2D eigenvalue weighted by Crippen LogP contribution is -2.45. The van der Waals surface area contributed by atoms with Gasteiger partial charge in [-0.1, -0.05) is 6.92 Å². The minimum atomic E-state index is -3.57. The van der Waals surface area contributed by atoms with E-state index < -0.39 is 22.1 Å². The van der Waals surface area contributed by atoms with Crippen molar-refractivity contribution in [2.24, 2.45) is 5.92 Å². The van der Waals surface area contributed by atoms with Gasteiger partial charge in [-0.25, -0.2) is 4.98 Å². The van der Waals surface area contributed by atoms with Crippen molar-refractivity contribution in [1.29, 1.82) is 0 Å². The van der Waals surface area contributed by atoms with Crippen molar-refractivity contribution in [3.05, 3.63) is 16.1 Å². The van der Waals surface area contributed by atoms with Gasteiger partial charge >= 0.3 is 5.97 Å². The molecule has 1 aromatic rings. The SMILES string of the molecule is CCc1csc(CNS(=O)(=O)N2CCC(C(=O)O)CC2)n1. The normalized spacial score (nSPS) is 18.0. The molecule has 7 nitrogen and oxygen atoms in total. The molecule has 0 spiro atoms. The molecule has 0 aromatic carbocycles. The number of piperidine rings is 1. The Kier molecular flexibility index (Phi) is 5.31. The maximum atomic E-state index is 12.2. The first-order valence-electron chi connectivity index (χ1n) is 6.83. The summed E-state index contributed by atoms with van der Waals surface area (Å²) in [7, 11) is -3.57. The number of hydrogen-bond donors (Lipinski definition) is 2. The van der Waals surface area contributed by atoms with E-state index in [2.05, 4.69) is 9.71 Å². The minimum absolute atomic E-state index is 0.172. The summed E-state index contributed by atoms with van der Waals surface area (Å²) >= 11 is 1.43. The number of nitrogens with zero attached hydrogens (tertiary/aromatic N) is 2. The Hall–Kier alpha value is -1.03. The number of aliphatic carboxylic acids is 1. The maximum Gasteiger partial charge on any atom is 0.306 e. The fraction of sp³-hybridized carbons (Fsp3) is 0.667. The molecule has 2 rings (SSSR count). The summed E-state index contributed by atoms with van der Waals surface area (Å²) in [5.41, 5.74) is 0.955. The first kappa shape index (κ1) is 16.3. The van der Waals surface area contributed by atoms with Crippen molar-refractivity contribution in [2.45, 2.75) is 32.7 Å². The van der Waals surface area contributed by atoms with Crippen molar-refractivity contribution in [3.8, 4) is 0 Å². The summed E-state index contributed by atoms with van der Waals surface area (Å²) in [5.74, 6) is -1.29. The second-order valence-corrected chi connectivity index (χ2v) is 7.62. The smallest absolute Gasteiger partial charge is 0.306 e. The molecule has 1 saturated heterocycles. The zero-order chi connectivity index (χ0) is 15.5. The van der Waals surface area contributed by atoms with Gasteiger partial charge in [-0.2, -0.15) is 17.4 Å². The van der Waals surface area contributed by atoms with Gasteiger partial charge in [0.25, 0.3) is 10.2 Å². The quantitative estimate of drug-likeness (QED) is 0.803. The number of thiazole rings is 1. The molecule has 0 saturated carbocycles. The molecule has 2 N–H and O–H groups in total. The molecule has 0 amide bonds. The Labute approximate surface area is 128 Å². The third kappa shape index (κ3) is 4.22. The van der Waals surface area contributed by atoms with Gasteiger partial charge in [0.2, 0.25) is 0 Å². The standard InChI is InChI=1S/C12H19N3O4S2/c1-2-10-8-20-11(14-10)7-13-21(18,19)15-5-3-9(4-6-15)12(16)17/h8-9,13H,2-7H2,1H3,(H,16,17). The van der Waals surface area contributed by atoms with Crippen molar-refractivity contribution in [1.82, 2.24) is 14.0 Å². The predicted octanol–water partition coefficient (Wildman–Crippen LogP) is 0.836. The number of carboxylic acids is 1. The second-order valence-electron chi connectivity index (χ2n) is 4.92. The largest absolute Gasteiger partial charge is 0.481 e. The fourth-order valence-corrected chi connectivity index (χ4v) is 4.28. The number of carbonyl (C=O) groups is 1. The first-order valence-corrected chi connectivity index (χ1v) is 9.15. The van der Waals surface area contributed by atoms with Crippen LogP contribution in [0.2, 0.25) is 0 Å². The molecular formula is C12H19N3O4S2. The van der Waals surface area contributed by atoms with Gasteiger partial charge in [0, 0.05) is 18.5 Å². The van der Waals surface area contributed by atoms with Crippen molar-refractivity contribution in [3.63, 3.8) is 0 Å². The Balaban J connectivity index is 1.89. The van der Waals surface area contributed by atoms with Crippen LogP contribution >= 0.6 is 11.3 Å². The van der Waals surface area contributed by atoms with Gasteiger partial charge in [0.1, 0.15) is 5.01 Å². The molecule has 0 unspecified atom stereocenters. The number of hydrogen-bond acceptors (Lipinski definition) is 5. The third-order valence-electron chi connectivity index (χ3n) is 3.51. The van der Waals surface area contributed by atoms with Gasteiger partial charge in [0.15, 0.2) is 0 Å². The van der Waals surface area contributed by atoms with Gasteiger partial charge in [-0.15, -0.1) is 11.3 Å². The van der Waals surface area contributed by atoms with Crippen molar-refractivity contribution < 1.29 is 18.3 Å². The van der Waals surface area contributed by atoms with E-state index in [1.54, 1.807) is 0 Å². The first-order chi connectivity index (χ1) is 9.92. The summed E-state index contributed by atoms with van der Waals surface area (Å²) in [6.45, 7) is 2.65. The van der Waals surface area contributed by atoms with Crippen LogP contribution in [0.15, 0.2) is 5.38 Å². The highest BCUT2D eigenvalue weighted by molar-refractivity contribution is 7.87. The molecule has 21 heavy (non-hydrogen) atoms. The van der Waals surface area contributed by atoms with Crippen molar-refractivity contribution in [2.75, 3.05) is 13.1 Å². The molecule has 2 heterocycles. The lowest BCUT2D eigenvalue weighted by atomic mass is 9.99. The van der Waals surface area contributed by atoms with Crippen LogP contribution in [0, 0.1) is 5.92 Å². The van der Waals surface area contributed by atoms with E-state index in [1.807, 2.05) is 12.3 Å². The summed E-state index contributed by atoms with van der Waals surface area (Å²) < 4.78 is 28.1. The number of rotatable bonds is 6. The molecule has 0 aliphatic carbocycles. The fourth-order valence-electron chi connectivity index (χ4n) is 2.18. The van der Waals surface area contributed by atoms with Gasteiger partial charge in [0.05, 0.1) is 18.2 Å². The predicted molar refractivity (Wildman–Crippen MR) is 79.2 cm³/mol. The van der Waals surface area contributed by atoms with Crippen LogP contribution in [0.3, 0.4) is 0 Å². The third-order valence-corrected chi connectivity index (χ3v) is 5.96. The van der Waals surface area contributed by atoms with Crippen LogP contribution in [0.4, 0.5) is 0 Å². The monoisotopic (exact) mass is 333 g/mol. The zero-order valence-electron chi connectivity index (χ0n) is 11.8. The van der Waals surface area contributed by atoms with Crippen LogP contribution in [0.1, 0.15) is 30.5 Å². The highest BCUT2D eigenvalue weighted by Crippen LogP contribution is 2.19. The Morgan fingerprint density at radius 1 is 1.52 bits per heavy atom. The molecule has 0 atom stereocenters. The molecular weight excluding hydrogens is 314 g/mol. The lowest BCUT2D eigenvalue weighted by molar-refractivity contribution is -0.142. The summed E-state index contributed by atoms with van der Waals surface area (Å²) in [5, 5.41) is 11.6. The number of aromatic nitrogens is 1. The second kappa shape index (κ2) is 6.82. The maximum absolute atomic E-state index is 12.2. The topological polar surface area (TPSA) is 99.6 Å². The molecule has 9 heteroatoms. The van der Waals surface area contributed by atoms with E-state index in [4.69, 9.17) is 5.11 Å². The minimum Gasteiger partial charge on any atom is -0.481 e. The number of carboxylic acid groups (broad SMARTS) is 1. The van der Waals surface area contributed by atoms with E-state index >= 15 is 0 Å². The molecule has 1 aliphatic rings. The van der Waals surface area contributed by atoms with E-state index in [0.717, 1.165) is 17.1 Å². The van der Waals surface area contributed by atoms with Gasteiger partial charge < -0.3 is 5.11 Å². The highest BCUT2D eigenvalue weighted by Gasteiger charge is 2.30. The summed E-state index contributed by atoms with van der Waals surface area (Å²) in [6, 6.07) is 0. The van der Waals surface area contributed by atoms with Crippen LogP contribution in [0.5, 0.6) is 0 Å².